The topological polar surface area (TPSA) is 123 Å². The number of aromatic nitrogens is 1. The highest BCUT2D eigenvalue weighted by molar-refractivity contribution is 7.92. The fourth-order valence-electron chi connectivity index (χ4n) is 3.50. The molecule has 1 aliphatic heterocycles. The Bertz CT molecular complexity index is 1360. The molecule has 1 aromatic carbocycles. The van der Waals surface area contributed by atoms with Crippen LogP contribution in [-0.4, -0.2) is 54.9 Å². The highest BCUT2D eigenvalue weighted by Gasteiger charge is 2.50. The molecule has 2 heterocycles. The summed E-state index contributed by atoms with van der Waals surface area (Å²) in [6.45, 7) is 0.786. The molecule has 0 spiro atoms. The molecule has 16 heteroatoms. The third kappa shape index (κ3) is 6.91. The average Bonchev–Trinajstić information content (AvgIpc) is 2.80. The monoisotopic (exact) mass is 584 g/mol. The van der Waals surface area contributed by atoms with E-state index < -0.39 is 76.1 Å². The molecule has 0 aliphatic carbocycles. The second-order valence-corrected chi connectivity index (χ2v) is 10.8. The van der Waals surface area contributed by atoms with Crippen LogP contribution in [0.1, 0.15) is 37.9 Å². The number of carboxylic acids is 1. The Morgan fingerprint density at radius 1 is 1.13 bits per heavy atom. The van der Waals surface area contributed by atoms with Gasteiger partial charge in [0, 0.05) is 6.42 Å². The third-order valence-corrected chi connectivity index (χ3v) is 7.29. The number of carbonyl (C=O) groups excluding carboxylic acids is 1. The number of aliphatic carboxylic acids is 1. The first-order chi connectivity index (χ1) is 17.8. The van der Waals surface area contributed by atoms with Gasteiger partial charge in [0.1, 0.15) is 17.5 Å². The molecule has 1 aliphatic rings. The van der Waals surface area contributed by atoms with Gasteiger partial charge in [-0.15, -0.1) is 0 Å². The Labute approximate surface area is 218 Å². The van der Waals surface area contributed by atoms with E-state index in [1.165, 1.54) is 12.1 Å². The van der Waals surface area contributed by atoms with Crippen molar-refractivity contribution in [2.24, 2.45) is 0 Å². The predicted molar refractivity (Wildman–Crippen MR) is 121 cm³/mol. The Morgan fingerprint density at radius 2 is 1.79 bits per heavy atom. The normalized spacial score (nSPS) is 16.3. The maximum atomic E-state index is 13.5. The van der Waals surface area contributed by atoms with Crippen LogP contribution in [0.15, 0.2) is 41.4 Å². The number of pyridine rings is 1. The van der Waals surface area contributed by atoms with Crippen molar-refractivity contribution in [1.29, 1.82) is 0 Å². The molecule has 2 aromatic rings. The van der Waals surface area contributed by atoms with Gasteiger partial charge < -0.3 is 14.6 Å². The standard InChI is InChI=1S/C23H22F6N2O7S/c1-21(2,23(27,28)29)38-20(34)11-13-6-8-16-15(10-13)31(12-14(37-16)7-9-19(32)33)39(35,36)18-5-3-4-17(30-18)22(24,25)26/h3-6,8,10,14H,7,9,11-12H2,1-2H3,(H,32,33)/t14-/m0/s1. The Morgan fingerprint density at radius 3 is 2.38 bits per heavy atom. The molecule has 1 aromatic heterocycles. The summed E-state index contributed by atoms with van der Waals surface area (Å²) < 4.78 is 117. The van der Waals surface area contributed by atoms with Crippen LogP contribution in [0.3, 0.4) is 0 Å². The van der Waals surface area contributed by atoms with Gasteiger partial charge in [0.2, 0.25) is 5.60 Å². The molecule has 0 saturated heterocycles. The van der Waals surface area contributed by atoms with E-state index in [-0.39, 0.29) is 23.4 Å². The number of hydrogen-bond acceptors (Lipinski definition) is 7. The van der Waals surface area contributed by atoms with Crippen molar-refractivity contribution in [3.8, 4) is 5.75 Å². The van der Waals surface area contributed by atoms with E-state index in [1.54, 1.807) is 0 Å². The minimum Gasteiger partial charge on any atom is -0.486 e. The van der Waals surface area contributed by atoms with E-state index in [9.17, 15) is 44.3 Å². The zero-order valence-corrected chi connectivity index (χ0v) is 21.2. The van der Waals surface area contributed by atoms with Crippen LogP contribution >= 0.6 is 0 Å². The van der Waals surface area contributed by atoms with Crippen LogP contribution in [0.2, 0.25) is 0 Å². The second-order valence-electron chi connectivity index (χ2n) is 9.03. The summed E-state index contributed by atoms with van der Waals surface area (Å²) >= 11 is 0. The highest BCUT2D eigenvalue weighted by Crippen LogP contribution is 2.39. The smallest absolute Gasteiger partial charge is 0.433 e. The van der Waals surface area contributed by atoms with Gasteiger partial charge in [0.25, 0.3) is 10.0 Å². The number of sulfonamides is 1. The highest BCUT2D eigenvalue weighted by atomic mass is 32.2. The molecule has 3 rings (SSSR count). The SMILES string of the molecule is CC(C)(OC(=O)Cc1ccc2c(c1)N(S(=O)(=O)c1cccc(C(F)(F)F)n1)C[C@H](CCC(=O)O)O2)C(F)(F)F. The second kappa shape index (κ2) is 10.5. The molecule has 0 saturated carbocycles. The van der Waals surface area contributed by atoms with Crippen molar-refractivity contribution >= 4 is 27.6 Å². The van der Waals surface area contributed by atoms with Crippen LogP contribution in [-0.2, 0) is 36.9 Å². The van der Waals surface area contributed by atoms with Crippen molar-refractivity contribution in [2.75, 3.05) is 10.8 Å². The summed E-state index contributed by atoms with van der Waals surface area (Å²) in [7, 11) is -4.79. The minimum absolute atomic E-state index is 0.0153. The van der Waals surface area contributed by atoms with E-state index in [0.717, 1.165) is 18.2 Å². The number of nitrogens with zero attached hydrogens (tertiary/aromatic N) is 2. The number of benzene rings is 1. The molecular weight excluding hydrogens is 562 g/mol. The Balaban J connectivity index is 2.00. The van der Waals surface area contributed by atoms with Crippen molar-refractivity contribution in [3.63, 3.8) is 0 Å². The van der Waals surface area contributed by atoms with Gasteiger partial charge in [-0.25, -0.2) is 4.98 Å². The van der Waals surface area contributed by atoms with Gasteiger partial charge in [-0.2, -0.15) is 34.8 Å². The number of hydrogen-bond donors (Lipinski definition) is 1. The summed E-state index contributed by atoms with van der Waals surface area (Å²) in [4.78, 5) is 26.5. The van der Waals surface area contributed by atoms with E-state index in [4.69, 9.17) is 9.84 Å². The molecule has 0 radical (unpaired) electrons. The fraction of sp³-hybridized carbons (Fsp3) is 0.435. The van der Waals surface area contributed by atoms with Crippen LogP contribution in [0, 0.1) is 0 Å². The van der Waals surface area contributed by atoms with Crippen LogP contribution in [0.5, 0.6) is 5.75 Å². The minimum atomic E-state index is -4.95. The number of halogens is 6. The van der Waals surface area contributed by atoms with Crippen LogP contribution in [0.25, 0.3) is 0 Å². The average molecular weight is 584 g/mol. The van der Waals surface area contributed by atoms with Crippen LogP contribution in [0.4, 0.5) is 32.0 Å². The van der Waals surface area contributed by atoms with E-state index in [0.29, 0.717) is 24.2 Å². The van der Waals surface area contributed by atoms with Gasteiger partial charge in [-0.3, -0.25) is 13.9 Å². The lowest BCUT2D eigenvalue weighted by Gasteiger charge is -2.35. The summed E-state index contributed by atoms with van der Waals surface area (Å²) in [6, 6.07) is 5.84. The van der Waals surface area contributed by atoms with E-state index in [1.807, 2.05) is 0 Å². The van der Waals surface area contributed by atoms with Gasteiger partial charge in [-0.05, 0) is 50.1 Å². The molecule has 0 unspecified atom stereocenters. The first kappa shape index (κ1) is 30.0. The van der Waals surface area contributed by atoms with Gasteiger partial charge in [0.05, 0.1) is 18.7 Å². The first-order valence-electron chi connectivity index (χ1n) is 11.2. The van der Waals surface area contributed by atoms with Crippen molar-refractivity contribution in [2.45, 2.75) is 62.2 Å². The van der Waals surface area contributed by atoms with Gasteiger partial charge in [-0.1, -0.05) is 12.1 Å². The molecule has 1 N–H and O–H groups in total. The lowest BCUT2D eigenvalue weighted by atomic mass is 10.1. The quantitative estimate of drug-likeness (QED) is 0.359. The number of anilines is 1. The number of carboxylic acid groups (broad SMARTS) is 1. The number of rotatable bonds is 8. The third-order valence-electron chi connectivity index (χ3n) is 5.60. The molecule has 39 heavy (non-hydrogen) atoms. The molecule has 9 nitrogen and oxygen atoms in total. The molecule has 0 amide bonds. The summed E-state index contributed by atoms with van der Waals surface area (Å²) in [5, 5.41) is 8.02. The number of alkyl halides is 6. The van der Waals surface area contributed by atoms with Crippen molar-refractivity contribution < 1.29 is 58.9 Å². The van der Waals surface area contributed by atoms with Gasteiger partial charge in [0.15, 0.2) is 5.03 Å². The van der Waals surface area contributed by atoms with Crippen LogP contribution < -0.4 is 9.04 Å². The molecule has 214 valence electrons. The number of carbonyl (C=O) groups is 2. The number of ether oxygens (including phenoxy) is 2. The van der Waals surface area contributed by atoms with E-state index in [2.05, 4.69) is 9.72 Å². The van der Waals surface area contributed by atoms with E-state index >= 15 is 0 Å². The summed E-state index contributed by atoms with van der Waals surface area (Å²) in [6.07, 6.45) is -12.1. The maximum Gasteiger partial charge on any atom is 0.433 e. The molecule has 1 atom stereocenters. The zero-order chi connectivity index (χ0) is 29.4. The van der Waals surface area contributed by atoms with Crippen molar-refractivity contribution in [1.82, 2.24) is 4.98 Å². The summed E-state index contributed by atoms with van der Waals surface area (Å²) in [5.74, 6) is -2.59. The zero-order valence-electron chi connectivity index (χ0n) is 20.3. The fourth-order valence-corrected chi connectivity index (χ4v) is 4.96. The lowest BCUT2D eigenvalue weighted by molar-refractivity contribution is -0.257. The maximum absolute atomic E-state index is 13.5. The Kier molecular flexibility index (Phi) is 8.11. The largest absolute Gasteiger partial charge is 0.486 e. The number of esters is 1. The Hall–Kier alpha value is -3.56. The van der Waals surface area contributed by atoms with Crippen molar-refractivity contribution in [3.05, 3.63) is 47.7 Å². The molecule has 0 fully saturated rings. The summed E-state index contributed by atoms with van der Waals surface area (Å²) in [5.41, 5.74) is -4.49. The lowest BCUT2D eigenvalue weighted by Crippen LogP contribution is -2.44. The van der Waals surface area contributed by atoms with Gasteiger partial charge >= 0.3 is 24.3 Å². The molecule has 0 bridgehead atoms. The first-order valence-corrected chi connectivity index (χ1v) is 12.6. The molecular formula is C23H22F6N2O7S. The number of fused-ring (bicyclic) bond motifs is 1. The predicted octanol–water partition coefficient (Wildman–Crippen LogP) is 4.35.